The van der Waals surface area contributed by atoms with Crippen LogP contribution in [0.2, 0.25) is 0 Å². The van der Waals surface area contributed by atoms with Crippen molar-refractivity contribution in [1.29, 1.82) is 0 Å². The van der Waals surface area contributed by atoms with E-state index in [4.69, 9.17) is 0 Å². The second-order valence-corrected chi connectivity index (χ2v) is 3.88. The van der Waals surface area contributed by atoms with Gasteiger partial charge in [-0.05, 0) is 30.5 Å². The molecule has 3 heteroatoms. The van der Waals surface area contributed by atoms with Crippen LogP contribution in [0.5, 0.6) is 5.75 Å². The van der Waals surface area contributed by atoms with Crippen LogP contribution in [0, 0.1) is 0 Å². The first kappa shape index (κ1) is 8.53. The van der Waals surface area contributed by atoms with Gasteiger partial charge in [0.2, 0.25) is 0 Å². The number of hydrogen-bond donors (Lipinski definition) is 1. The molecule has 1 aromatic carbocycles. The lowest BCUT2D eigenvalue weighted by Crippen LogP contribution is -1.93. The molecule has 76 valence electrons. The maximum atomic E-state index is 9.43. The molecule has 15 heavy (non-hydrogen) atoms. The molecule has 3 rings (SSSR count). The molecule has 0 bridgehead atoms. The molecule has 2 aromatic rings. The Hall–Kier alpha value is -1.77. The summed E-state index contributed by atoms with van der Waals surface area (Å²) in [6, 6.07) is 7.35. The maximum absolute atomic E-state index is 9.43. The Morgan fingerprint density at radius 1 is 1.33 bits per heavy atom. The van der Waals surface area contributed by atoms with E-state index in [2.05, 4.69) is 9.78 Å². The molecule has 0 fully saturated rings. The number of rotatable bonds is 1. The van der Waals surface area contributed by atoms with Gasteiger partial charge in [-0.1, -0.05) is 12.1 Å². The highest BCUT2D eigenvalue weighted by molar-refractivity contribution is 5.67. The van der Waals surface area contributed by atoms with Crippen LogP contribution >= 0.6 is 0 Å². The summed E-state index contributed by atoms with van der Waals surface area (Å²) in [6.07, 6.45) is 4.16. The third kappa shape index (κ3) is 1.31. The lowest BCUT2D eigenvalue weighted by Gasteiger charge is -2.01. The number of phenols is 1. The van der Waals surface area contributed by atoms with Gasteiger partial charge in [0.05, 0.1) is 6.20 Å². The Morgan fingerprint density at radius 2 is 2.27 bits per heavy atom. The molecule has 1 aromatic heterocycles. The van der Waals surface area contributed by atoms with Gasteiger partial charge in [-0.3, -0.25) is 4.68 Å². The van der Waals surface area contributed by atoms with Gasteiger partial charge in [0.25, 0.3) is 0 Å². The minimum absolute atomic E-state index is 0.311. The van der Waals surface area contributed by atoms with E-state index in [-0.39, 0.29) is 0 Å². The van der Waals surface area contributed by atoms with Crippen molar-refractivity contribution < 1.29 is 5.11 Å². The van der Waals surface area contributed by atoms with Crippen LogP contribution in [0.15, 0.2) is 30.5 Å². The van der Waals surface area contributed by atoms with Crippen molar-refractivity contribution in [2.75, 3.05) is 0 Å². The highest BCUT2D eigenvalue weighted by Gasteiger charge is 2.17. The SMILES string of the molecule is Oc1cccc(-c2cnn3c2CCC3)c1. The number of benzene rings is 1. The van der Waals surface area contributed by atoms with Crippen LogP contribution in [0.4, 0.5) is 0 Å². The van der Waals surface area contributed by atoms with E-state index < -0.39 is 0 Å². The summed E-state index contributed by atoms with van der Waals surface area (Å²) in [7, 11) is 0. The second-order valence-electron chi connectivity index (χ2n) is 3.88. The fourth-order valence-electron chi connectivity index (χ4n) is 2.18. The molecule has 0 saturated heterocycles. The average molecular weight is 200 g/mol. The smallest absolute Gasteiger partial charge is 0.116 e. The lowest BCUT2D eigenvalue weighted by molar-refractivity contribution is 0.475. The van der Waals surface area contributed by atoms with Crippen LogP contribution in [-0.2, 0) is 13.0 Å². The zero-order valence-corrected chi connectivity index (χ0v) is 8.35. The molecule has 0 amide bonds. The van der Waals surface area contributed by atoms with E-state index in [0.29, 0.717) is 5.75 Å². The average Bonchev–Trinajstić information content (AvgIpc) is 2.77. The van der Waals surface area contributed by atoms with Gasteiger partial charge in [-0.15, -0.1) is 0 Å². The molecular formula is C12H12N2O. The van der Waals surface area contributed by atoms with Gasteiger partial charge in [0.15, 0.2) is 0 Å². The number of aryl methyl sites for hydroxylation is 1. The number of nitrogens with zero attached hydrogens (tertiary/aromatic N) is 2. The van der Waals surface area contributed by atoms with E-state index in [1.807, 2.05) is 18.3 Å². The molecule has 2 heterocycles. The summed E-state index contributed by atoms with van der Waals surface area (Å²) < 4.78 is 2.05. The van der Waals surface area contributed by atoms with Gasteiger partial charge in [0.1, 0.15) is 5.75 Å². The predicted molar refractivity (Wildman–Crippen MR) is 57.6 cm³/mol. The van der Waals surface area contributed by atoms with Crippen LogP contribution in [0.1, 0.15) is 12.1 Å². The summed E-state index contributed by atoms with van der Waals surface area (Å²) in [6.45, 7) is 1.02. The molecule has 0 atom stereocenters. The normalized spacial score (nSPS) is 14.1. The molecule has 0 aliphatic carbocycles. The summed E-state index contributed by atoms with van der Waals surface area (Å²) >= 11 is 0. The zero-order chi connectivity index (χ0) is 10.3. The van der Waals surface area contributed by atoms with Gasteiger partial charge in [-0.25, -0.2) is 0 Å². The number of aromatic hydroxyl groups is 1. The first-order valence-electron chi connectivity index (χ1n) is 5.19. The van der Waals surface area contributed by atoms with Crippen LogP contribution < -0.4 is 0 Å². The fraction of sp³-hybridized carbons (Fsp3) is 0.250. The topological polar surface area (TPSA) is 38.1 Å². The van der Waals surface area contributed by atoms with Crippen molar-refractivity contribution in [2.24, 2.45) is 0 Å². The third-order valence-electron chi connectivity index (χ3n) is 2.89. The maximum Gasteiger partial charge on any atom is 0.116 e. The van der Waals surface area contributed by atoms with Crippen LogP contribution in [0.25, 0.3) is 11.1 Å². The summed E-state index contributed by atoms with van der Waals surface area (Å²) in [4.78, 5) is 0. The second kappa shape index (κ2) is 3.12. The number of aromatic nitrogens is 2. The Kier molecular flexibility index (Phi) is 1.78. The minimum atomic E-state index is 0.311. The first-order valence-corrected chi connectivity index (χ1v) is 5.19. The largest absolute Gasteiger partial charge is 0.508 e. The van der Waals surface area contributed by atoms with E-state index in [9.17, 15) is 5.11 Å². The first-order chi connectivity index (χ1) is 7.34. The standard InChI is InChI=1S/C12H12N2O/c15-10-4-1-3-9(7-10)11-8-13-14-6-2-5-12(11)14/h1,3-4,7-8,15H,2,5-6H2. The summed E-state index contributed by atoms with van der Waals surface area (Å²) in [5.74, 6) is 0.311. The molecule has 1 N–H and O–H groups in total. The van der Waals surface area contributed by atoms with Crippen molar-refractivity contribution >= 4 is 0 Å². The van der Waals surface area contributed by atoms with Crippen molar-refractivity contribution in [3.63, 3.8) is 0 Å². The number of hydrogen-bond acceptors (Lipinski definition) is 2. The van der Waals surface area contributed by atoms with Crippen LogP contribution in [0.3, 0.4) is 0 Å². The molecule has 0 spiro atoms. The predicted octanol–water partition coefficient (Wildman–Crippen LogP) is 2.20. The van der Waals surface area contributed by atoms with Gasteiger partial charge >= 0.3 is 0 Å². The summed E-state index contributed by atoms with van der Waals surface area (Å²) in [5.41, 5.74) is 3.50. The molecule has 1 aliphatic heterocycles. The number of phenolic OH excluding ortho intramolecular Hbond substituents is 1. The lowest BCUT2D eigenvalue weighted by atomic mass is 10.1. The van der Waals surface area contributed by atoms with E-state index in [1.165, 1.54) is 12.1 Å². The third-order valence-corrected chi connectivity index (χ3v) is 2.89. The van der Waals surface area contributed by atoms with Gasteiger partial charge in [0, 0.05) is 17.8 Å². The molecular weight excluding hydrogens is 188 g/mol. The van der Waals surface area contributed by atoms with Gasteiger partial charge in [-0.2, -0.15) is 5.10 Å². The Bertz CT molecular complexity index is 502. The number of fused-ring (bicyclic) bond motifs is 1. The van der Waals surface area contributed by atoms with E-state index in [1.54, 1.807) is 12.1 Å². The Balaban J connectivity index is 2.13. The monoisotopic (exact) mass is 200 g/mol. The summed E-state index contributed by atoms with van der Waals surface area (Å²) in [5, 5.41) is 13.8. The Labute approximate surface area is 88.0 Å². The molecule has 1 aliphatic rings. The van der Waals surface area contributed by atoms with Crippen molar-refractivity contribution in [1.82, 2.24) is 9.78 Å². The van der Waals surface area contributed by atoms with E-state index in [0.717, 1.165) is 24.1 Å². The molecule has 3 nitrogen and oxygen atoms in total. The van der Waals surface area contributed by atoms with Crippen LogP contribution in [-0.4, -0.2) is 14.9 Å². The van der Waals surface area contributed by atoms with Crippen molar-refractivity contribution in [3.05, 3.63) is 36.2 Å². The van der Waals surface area contributed by atoms with Crippen molar-refractivity contribution in [3.8, 4) is 16.9 Å². The fourth-order valence-corrected chi connectivity index (χ4v) is 2.18. The quantitative estimate of drug-likeness (QED) is 0.766. The van der Waals surface area contributed by atoms with Gasteiger partial charge < -0.3 is 5.11 Å². The minimum Gasteiger partial charge on any atom is -0.508 e. The van der Waals surface area contributed by atoms with E-state index >= 15 is 0 Å². The van der Waals surface area contributed by atoms with Crippen molar-refractivity contribution in [2.45, 2.75) is 19.4 Å². The molecule has 0 saturated carbocycles. The highest BCUT2D eigenvalue weighted by atomic mass is 16.3. The zero-order valence-electron chi connectivity index (χ0n) is 8.35. The molecule has 0 unspecified atom stereocenters. The molecule has 0 radical (unpaired) electrons. The highest BCUT2D eigenvalue weighted by Crippen LogP contribution is 2.29. The Morgan fingerprint density at radius 3 is 3.13 bits per heavy atom.